The molecule has 0 bridgehead atoms. The number of hydrogen-bond donors (Lipinski definition) is 2. The number of aromatic carboxylic acids is 1. The van der Waals surface area contributed by atoms with Gasteiger partial charge >= 0.3 is 5.97 Å². The van der Waals surface area contributed by atoms with Crippen LogP contribution in [0.3, 0.4) is 0 Å². The van der Waals surface area contributed by atoms with Crippen LogP contribution in [0.15, 0.2) is 30.3 Å². The molecular formula is C12H11NO3. The molecule has 2 rings (SSSR count). The van der Waals surface area contributed by atoms with E-state index in [-0.39, 0.29) is 5.56 Å². The van der Waals surface area contributed by atoms with Gasteiger partial charge in [0.25, 0.3) is 0 Å². The Morgan fingerprint density at radius 2 is 2.12 bits per heavy atom. The van der Waals surface area contributed by atoms with Crippen LogP contribution in [0.25, 0.3) is 10.8 Å². The van der Waals surface area contributed by atoms with Gasteiger partial charge in [-0.15, -0.1) is 0 Å². The second kappa shape index (κ2) is 3.73. The molecule has 0 aliphatic heterocycles. The molecule has 0 saturated carbocycles. The zero-order valence-electron chi connectivity index (χ0n) is 8.73. The highest BCUT2D eigenvalue weighted by atomic mass is 16.5. The molecule has 82 valence electrons. The molecule has 0 atom stereocenters. The summed E-state index contributed by atoms with van der Waals surface area (Å²) in [6.07, 6.45) is 0. The lowest BCUT2D eigenvalue weighted by atomic mass is 10.0. The van der Waals surface area contributed by atoms with Gasteiger partial charge in [-0.05, 0) is 23.6 Å². The van der Waals surface area contributed by atoms with E-state index in [9.17, 15) is 4.79 Å². The number of carboxylic acid groups (broad SMARTS) is 1. The summed E-state index contributed by atoms with van der Waals surface area (Å²) in [6.45, 7) is 0. The Labute approximate surface area is 92.3 Å². The summed E-state index contributed by atoms with van der Waals surface area (Å²) in [5, 5.41) is 10.4. The van der Waals surface area contributed by atoms with Crippen molar-refractivity contribution in [3.63, 3.8) is 0 Å². The number of methoxy groups -OCH3 is 1. The van der Waals surface area contributed by atoms with Gasteiger partial charge in [0, 0.05) is 11.1 Å². The lowest BCUT2D eigenvalue weighted by Crippen LogP contribution is -2.01. The van der Waals surface area contributed by atoms with E-state index in [1.165, 1.54) is 13.2 Å². The Kier molecular flexibility index (Phi) is 2.40. The van der Waals surface area contributed by atoms with Gasteiger partial charge in [0.1, 0.15) is 5.75 Å². The van der Waals surface area contributed by atoms with Crippen LogP contribution in [-0.4, -0.2) is 18.2 Å². The third-order valence-electron chi connectivity index (χ3n) is 2.45. The van der Waals surface area contributed by atoms with Gasteiger partial charge in [0.05, 0.1) is 12.7 Å². The van der Waals surface area contributed by atoms with Gasteiger partial charge < -0.3 is 15.6 Å². The molecule has 2 aromatic carbocycles. The van der Waals surface area contributed by atoms with Crippen LogP contribution in [0, 0.1) is 0 Å². The Bertz CT molecular complexity index is 563. The highest BCUT2D eigenvalue weighted by Gasteiger charge is 2.12. The van der Waals surface area contributed by atoms with E-state index in [2.05, 4.69) is 0 Å². The zero-order chi connectivity index (χ0) is 11.7. The van der Waals surface area contributed by atoms with E-state index < -0.39 is 5.97 Å². The first-order valence-corrected chi connectivity index (χ1v) is 4.73. The van der Waals surface area contributed by atoms with Crippen molar-refractivity contribution in [2.45, 2.75) is 0 Å². The quantitative estimate of drug-likeness (QED) is 0.756. The monoisotopic (exact) mass is 217 g/mol. The molecule has 0 aliphatic carbocycles. The summed E-state index contributed by atoms with van der Waals surface area (Å²) in [6, 6.07) is 8.50. The molecule has 0 aromatic heterocycles. The normalized spacial score (nSPS) is 10.3. The maximum atomic E-state index is 11.1. The predicted octanol–water partition coefficient (Wildman–Crippen LogP) is 2.13. The molecule has 0 heterocycles. The largest absolute Gasteiger partial charge is 0.497 e. The van der Waals surface area contributed by atoms with Crippen LogP contribution < -0.4 is 10.5 Å². The minimum absolute atomic E-state index is 0.160. The van der Waals surface area contributed by atoms with Gasteiger partial charge in [-0.1, -0.05) is 12.1 Å². The number of carboxylic acids is 1. The first kappa shape index (κ1) is 10.3. The number of hydrogen-bond acceptors (Lipinski definition) is 3. The van der Waals surface area contributed by atoms with Crippen molar-refractivity contribution >= 4 is 22.4 Å². The maximum Gasteiger partial charge on any atom is 0.336 e. The minimum Gasteiger partial charge on any atom is -0.497 e. The number of nitrogen functional groups attached to an aromatic ring is 1. The van der Waals surface area contributed by atoms with E-state index in [0.29, 0.717) is 16.8 Å². The number of ether oxygens (including phenoxy) is 1. The van der Waals surface area contributed by atoms with Gasteiger partial charge in [0.15, 0.2) is 0 Å². The van der Waals surface area contributed by atoms with Crippen LogP contribution >= 0.6 is 0 Å². The lowest BCUT2D eigenvalue weighted by Gasteiger charge is -2.08. The fourth-order valence-electron chi connectivity index (χ4n) is 1.72. The summed E-state index contributed by atoms with van der Waals surface area (Å²) in [7, 11) is 1.50. The Balaban J connectivity index is 2.88. The van der Waals surface area contributed by atoms with Crippen LogP contribution in [-0.2, 0) is 0 Å². The zero-order valence-corrected chi connectivity index (χ0v) is 8.73. The fraction of sp³-hybridized carbons (Fsp3) is 0.0833. The van der Waals surface area contributed by atoms with Crippen molar-refractivity contribution < 1.29 is 14.6 Å². The molecule has 0 spiro atoms. The predicted molar refractivity (Wildman–Crippen MR) is 61.9 cm³/mol. The number of benzene rings is 2. The third-order valence-corrected chi connectivity index (χ3v) is 2.45. The fourth-order valence-corrected chi connectivity index (χ4v) is 1.72. The molecule has 2 aromatic rings. The van der Waals surface area contributed by atoms with Crippen LogP contribution in [0.1, 0.15) is 10.4 Å². The highest BCUT2D eigenvalue weighted by molar-refractivity contribution is 6.09. The Morgan fingerprint density at radius 1 is 1.38 bits per heavy atom. The topological polar surface area (TPSA) is 72.5 Å². The molecule has 4 heteroatoms. The van der Waals surface area contributed by atoms with Crippen LogP contribution in [0.5, 0.6) is 5.75 Å². The Morgan fingerprint density at radius 3 is 2.75 bits per heavy atom. The molecule has 0 amide bonds. The second-order valence-corrected chi connectivity index (χ2v) is 3.43. The average Bonchev–Trinajstić information content (AvgIpc) is 2.27. The molecule has 0 aliphatic rings. The number of nitrogens with two attached hydrogens (primary N) is 1. The molecule has 0 radical (unpaired) electrons. The van der Waals surface area contributed by atoms with Crippen LogP contribution in [0.2, 0.25) is 0 Å². The van der Waals surface area contributed by atoms with Gasteiger partial charge in [-0.3, -0.25) is 0 Å². The van der Waals surface area contributed by atoms with Crippen molar-refractivity contribution in [2.24, 2.45) is 0 Å². The average molecular weight is 217 g/mol. The smallest absolute Gasteiger partial charge is 0.336 e. The standard InChI is InChI=1S/C12H11NO3/c1-16-8-5-7-3-2-4-10(13)11(7)9(6-8)12(14)15/h2-6H,13H2,1H3,(H,14,15). The van der Waals surface area contributed by atoms with Gasteiger partial charge in [-0.2, -0.15) is 0 Å². The molecule has 0 fully saturated rings. The summed E-state index contributed by atoms with van der Waals surface area (Å²) in [5.74, 6) is -0.502. The number of carbonyl (C=O) groups is 1. The number of fused-ring (bicyclic) bond motifs is 1. The van der Waals surface area contributed by atoms with E-state index in [0.717, 1.165) is 5.39 Å². The third kappa shape index (κ3) is 1.54. The van der Waals surface area contributed by atoms with Gasteiger partial charge in [0.2, 0.25) is 0 Å². The number of anilines is 1. The summed E-state index contributed by atoms with van der Waals surface area (Å²) in [5.41, 5.74) is 6.40. The van der Waals surface area contributed by atoms with Gasteiger partial charge in [-0.25, -0.2) is 4.79 Å². The van der Waals surface area contributed by atoms with Crippen molar-refractivity contribution in [2.75, 3.05) is 12.8 Å². The number of rotatable bonds is 2. The van der Waals surface area contributed by atoms with E-state index in [1.807, 2.05) is 0 Å². The summed E-state index contributed by atoms with van der Waals surface area (Å²) in [4.78, 5) is 11.1. The van der Waals surface area contributed by atoms with E-state index in [1.54, 1.807) is 24.3 Å². The molecule has 16 heavy (non-hydrogen) atoms. The first-order chi connectivity index (χ1) is 7.63. The molecular weight excluding hydrogens is 206 g/mol. The molecule has 4 nitrogen and oxygen atoms in total. The summed E-state index contributed by atoms with van der Waals surface area (Å²) >= 11 is 0. The van der Waals surface area contributed by atoms with E-state index in [4.69, 9.17) is 15.6 Å². The van der Waals surface area contributed by atoms with Crippen LogP contribution in [0.4, 0.5) is 5.69 Å². The molecule has 0 unspecified atom stereocenters. The van der Waals surface area contributed by atoms with Crippen molar-refractivity contribution in [3.05, 3.63) is 35.9 Å². The maximum absolute atomic E-state index is 11.1. The first-order valence-electron chi connectivity index (χ1n) is 4.73. The lowest BCUT2D eigenvalue weighted by molar-refractivity contribution is 0.0698. The SMILES string of the molecule is COc1cc(C(=O)O)c2c(N)cccc2c1. The van der Waals surface area contributed by atoms with E-state index >= 15 is 0 Å². The summed E-state index contributed by atoms with van der Waals surface area (Å²) < 4.78 is 5.05. The highest BCUT2D eigenvalue weighted by Crippen LogP contribution is 2.29. The molecule has 0 saturated heterocycles. The Hall–Kier alpha value is -2.23. The molecule has 3 N–H and O–H groups in total. The van der Waals surface area contributed by atoms with Crippen molar-refractivity contribution in [1.82, 2.24) is 0 Å². The second-order valence-electron chi connectivity index (χ2n) is 3.43. The van der Waals surface area contributed by atoms with Crippen molar-refractivity contribution in [3.8, 4) is 5.75 Å². The minimum atomic E-state index is -1.01. The van der Waals surface area contributed by atoms with Crippen molar-refractivity contribution in [1.29, 1.82) is 0 Å².